The van der Waals surface area contributed by atoms with Crippen LogP contribution < -0.4 is 16.2 Å². The molecule has 1 amide bonds. The van der Waals surface area contributed by atoms with Crippen LogP contribution in [0.1, 0.15) is 49.4 Å². The van der Waals surface area contributed by atoms with Gasteiger partial charge in [-0.05, 0) is 6.42 Å². The van der Waals surface area contributed by atoms with Crippen LogP contribution in [0.2, 0.25) is 0 Å². The fourth-order valence-corrected chi connectivity index (χ4v) is 1.62. The maximum Gasteiger partial charge on any atom is 0.251 e. The molecule has 5 heteroatoms. The number of nitrogens with zero attached hydrogens (tertiary/aromatic N) is 1. The number of nitrogens with two attached hydrogens (primary N) is 2. The maximum atomic E-state index is 11.1. The Hall–Kier alpha value is -1.78. The van der Waals surface area contributed by atoms with Gasteiger partial charge in [0.05, 0.1) is 24.1 Å². The van der Waals surface area contributed by atoms with Gasteiger partial charge in [-0.3, -0.25) is 4.79 Å². The second kappa shape index (κ2) is 7.53. The Morgan fingerprint density at radius 3 is 2.72 bits per heavy atom. The van der Waals surface area contributed by atoms with Crippen molar-refractivity contribution >= 4 is 11.6 Å². The van der Waals surface area contributed by atoms with Gasteiger partial charge in [0.2, 0.25) is 5.88 Å². The first-order valence-electron chi connectivity index (χ1n) is 6.33. The molecule has 0 aliphatic carbocycles. The van der Waals surface area contributed by atoms with Crippen LogP contribution in [-0.4, -0.2) is 17.5 Å². The minimum absolute atomic E-state index is 0.256. The van der Waals surface area contributed by atoms with Crippen LogP contribution in [0.4, 0.5) is 5.69 Å². The molecule has 4 N–H and O–H groups in total. The summed E-state index contributed by atoms with van der Waals surface area (Å²) in [5.74, 6) is -0.170. The molecule has 1 heterocycles. The van der Waals surface area contributed by atoms with Crippen LogP contribution in [-0.2, 0) is 0 Å². The Kier molecular flexibility index (Phi) is 5.97. The quantitative estimate of drug-likeness (QED) is 0.692. The van der Waals surface area contributed by atoms with E-state index in [0.717, 1.165) is 12.8 Å². The molecule has 0 unspecified atom stereocenters. The number of aromatic nitrogens is 1. The van der Waals surface area contributed by atoms with Crippen LogP contribution in [0.5, 0.6) is 5.88 Å². The Balaban J connectivity index is 2.38. The fourth-order valence-electron chi connectivity index (χ4n) is 1.62. The van der Waals surface area contributed by atoms with E-state index < -0.39 is 5.91 Å². The van der Waals surface area contributed by atoms with Gasteiger partial charge in [0, 0.05) is 6.07 Å². The molecule has 0 spiro atoms. The lowest BCUT2D eigenvalue weighted by Crippen LogP contribution is -2.14. The van der Waals surface area contributed by atoms with Crippen molar-refractivity contribution in [3.05, 3.63) is 17.8 Å². The number of primary amides is 1. The molecule has 1 rings (SSSR count). The highest BCUT2D eigenvalue weighted by Crippen LogP contribution is 2.16. The highest BCUT2D eigenvalue weighted by molar-refractivity contribution is 5.97. The average Bonchev–Trinajstić information content (AvgIpc) is 2.35. The molecule has 0 saturated carbocycles. The summed E-state index contributed by atoms with van der Waals surface area (Å²) in [5.41, 5.74) is 11.3. The number of amides is 1. The average molecular weight is 251 g/mol. The minimum atomic E-state index is -0.567. The lowest BCUT2D eigenvalue weighted by atomic mass is 10.2. The number of unbranched alkanes of at least 4 members (excludes halogenated alkanes) is 4. The van der Waals surface area contributed by atoms with Gasteiger partial charge in [0.25, 0.3) is 5.91 Å². The van der Waals surface area contributed by atoms with Gasteiger partial charge in [-0.1, -0.05) is 32.6 Å². The summed E-state index contributed by atoms with van der Waals surface area (Å²) in [5, 5.41) is 0. The summed E-state index contributed by atoms with van der Waals surface area (Å²) in [6.45, 7) is 2.78. The van der Waals surface area contributed by atoms with Crippen LogP contribution >= 0.6 is 0 Å². The predicted molar refractivity (Wildman–Crippen MR) is 71.4 cm³/mol. The number of anilines is 1. The topological polar surface area (TPSA) is 91.2 Å². The lowest BCUT2D eigenvalue weighted by molar-refractivity contribution is 0.100. The summed E-state index contributed by atoms with van der Waals surface area (Å²) < 4.78 is 5.46. The third-order valence-electron chi connectivity index (χ3n) is 2.67. The molecular formula is C13H21N3O2. The highest BCUT2D eigenvalue weighted by Gasteiger charge is 2.08. The molecule has 0 aliphatic rings. The molecule has 0 atom stereocenters. The minimum Gasteiger partial charge on any atom is -0.478 e. The molecule has 18 heavy (non-hydrogen) atoms. The molecule has 0 saturated heterocycles. The first kappa shape index (κ1) is 14.3. The van der Waals surface area contributed by atoms with Crippen molar-refractivity contribution in [3.8, 4) is 5.88 Å². The first-order valence-corrected chi connectivity index (χ1v) is 6.33. The van der Waals surface area contributed by atoms with Gasteiger partial charge in [-0.2, -0.15) is 0 Å². The molecule has 5 nitrogen and oxygen atoms in total. The number of carbonyl (C=O) groups excluding carboxylic acids is 1. The molecule has 0 aromatic carbocycles. The molecule has 100 valence electrons. The number of hydrogen-bond acceptors (Lipinski definition) is 4. The van der Waals surface area contributed by atoms with Crippen LogP contribution in [0.25, 0.3) is 0 Å². The van der Waals surface area contributed by atoms with Crippen molar-refractivity contribution in [1.29, 1.82) is 0 Å². The largest absolute Gasteiger partial charge is 0.478 e. The van der Waals surface area contributed by atoms with Gasteiger partial charge >= 0.3 is 0 Å². The highest BCUT2D eigenvalue weighted by atomic mass is 16.5. The Morgan fingerprint density at radius 1 is 1.33 bits per heavy atom. The van der Waals surface area contributed by atoms with Crippen LogP contribution in [0.3, 0.4) is 0 Å². The van der Waals surface area contributed by atoms with Crippen LogP contribution in [0, 0.1) is 0 Å². The van der Waals surface area contributed by atoms with Gasteiger partial charge in [-0.25, -0.2) is 4.98 Å². The van der Waals surface area contributed by atoms with Gasteiger partial charge in [-0.15, -0.1) is 0 Å². The molecule has 0 radical (unpaired) electrons. The van der Waals surface area contributed by atoms with E-state index in [1.54, 1.807) is 0 Å². The van der Waals surface area contributed by atoms with E-state index in [4.69, 9.17) is 16.2 Å². The summed E-state index contributed by atoms with van der Waals surface area (Å²) in [4.78, 5) is 15.1. The fraction of sp³-hybridized carbons (Fsp3) is 0.538. The third kappa shape index (κ3) is 4.61. The lowest BCUT2D eigenvalue weighted by Gasteiger charge is -2.07. The summed E-state index contributed by atoms with van der Waals surface area (Å²) in [6.07, 6.45) is 7.23. The molecule has 1 aromatic heterocycles. The van der Waals surface area contributed by atoms with Crippen molar-refractivity contribution in [2.45, 2.75) is 39.0 Å². The molecule has 0 aliphatic heterocycles. The second-order valence-electron chi connectivity index (χ2n) is 4.24. The molecule has 0 bridgehead atoms. The van der Waals surface area contributed by atoms with Gasteiger partial charge < -0.3 is 16.2 Å². The Bertz CT molecular complexity index is 394. The van der Waals surface area contributed by atoms with E-state index in [2.05, 4.69) is 11.9 Å². The van der Waals surface area contributed by atoms with Crippen LogP contribution in [0.15, 0.2) is 12.3 Å². The molecular weight excluding hydrogens is 230 g/mol. The zero-order valence-electron chi connectivity index (χ0n) is 10.8. The SMILES string of the molecule is CCCCCCCOc1cc(C(N)=O)c(N)cn1. The third-order valence-corrected chi connectivity index (χ3v) is 2.67. The van der Waals surface area contributed by atoms with Crippen molar-refractivity contribution < 1.29 is 9.53 Å². The Morgan fingerprint density at radius 2 is 2.06 bits per heavy atom. The standard InChI is InChI=1S/C13H21N3O2/c1-2-3-4-5-6-7-18-12-8-10(13(15)17)11(14)9-16-12/h8-9H,2-7,14H2,1H3,(H2,15,17). The van der Waals surface area contributed by atoms with E-state index in [0.29, 0.717) is 12.5 Å². The molecule has 0 fully saturated rings. The number of ether oxygens (including phenoxy) is 1. The monoisotopic (exact) mass is 251 g/mol. The number of carbonyl (C=O) groups is 1. The van der Waals surface area contributed by atoms with E-state index >= 15 is 0 Å². The normalized spacial score (nSPS) is 10.3. The van der Waals surface area contributed by atoms with Gasteiger partial charge in [0.1, 0.15) is 0 Å². The predicted octanol–water partition coefficient (Wildman–Crippen LogP) is 2.11. The summed E-state index contributed by atoms with van der Waals surface area (Å²) in [6, 6.07) is 1.49. The number of hydrogen-bond donors (Lipinski definition) is 2. The van der Waals surface area contributed by atoms with Crippen molar-refractivity contribution in [1.82, 2.24) is 4.98 Å². The second-order valence-corrected chi connectivity index (χ2v) is 4.24. The van der Waals surface area contributed by atoms with Crippen molar-refractivity contribution in [3.63, 3.8) is 0 Å². The summed E-state index contributed by atoms with van der Waals surface area (Å²) >= 11 is 0. The van der Waals surface area contributed by atoms with Crippen molar-refractivity contribution in [2.24, 2.45) is 5.73 Å². The van der Waals surface area contributed by atoms with E-state index in [-0.39, 0.29) is 11.3 Å². The number of nitrogen functional groups attached to an aromatic ring is 1. The zero-order chi connectivity index (χ0) is 13.4. The van der Waals surface area contributed by atoms with E-state index in [1.807, 2.05) is 0 Å². The first-order chi connectivity index (χ1) is 8.65. The van der Waals surface area contributed by atoms with E-state index in [1.165, 1.54) is 31.5 Å². The Labute approximate surface area is 108 Å². The number of pyridine rings is 1. The smallest absolute Gasteiger partial charge is 0.251 e. The summed E-state index contributed by atoms with van der Waals surface area (Å²) in [7, 11) is 0. The van der Waals surface area contributed by atoms with Gasteiger partial charge in [0.15, 0.2) is 0 Å². The van der Waals surface area contributed by atoms with E-state index in [9.17, 15) is 4.79 Å². The zero-order valence-corrected chi connectivity index (χ0v) is 10.8. The number of rotatable bonds is 8. The van der Waals surface area contributed by atoms with Crippen molar-refractivity contribution in [2.75, 3.05) is 12.3 Å². The maximum absolute atomic E-state index is 11.1. The molecule has 1 aromatic rings.